The van der Waals surface area contributed by atoms with Gasteiger partial charge in [0.25, 0.3) is 5.91 Å². The van der Waals surface area contributed by atoms with Crippen molar-refractivity contribution in [1.82, 2.24) is 15.1 Å². The molecule has 0 aromatic heterocycles. The Balaban J connectivity index is 1.54. The van der Waals surface area contributed by atoms with Gasteiger partial charge >= 0.3 is 6.18 Å². The van der Waals surface area contributed by atoms with Gasteiger partial charge in [-0.3, -0.25) is 14.9 Å². The fraction of sp³-hybridized carbons (Fsp3) is 0.500. The van der Waals surface area contributed by atoms with Crippen LogP contribution >= 0.6 is 0 Å². The van der Waals surface area contributed by atoms with Gasteiger partial charge in [-0.25, -0.2) is 4.39 Å². The summed E-state index contributed by atoms with van der Waals surface area (Å²) < 4.78 is 52.8. The number of hydrogen-bond donors (Lipinski definition) is 1. The highest BCUT2D eigenvalue weighted by Crippen LogP contribution is 2.36. The van der Waals surface area contributed by atoms with E-state index >= 15 is 0 Å². The molecule has 1 N–H and O–H groups in total. The second-order valence-corrected chi connectivity index (χ2v) is 10.8. The lowest BCUT2D eigenvalue weighted by Crippen LogP contribution is -2.59. The second-order valence-electron chi connectivity index (χ2n) is 10.8. The van der Waals surface area contributed by atoms with E-state index < -0.39 is 29.1 Å². The number of carbonyl (C=O) groups excluding carboxylic acids is 2. The normalized spacial score (nSPS) is 19.8. The predicted octanol–water partition coefficient (Wildman–Crippen LogP) is 5.44. The molecule has 2 saturated heterocycles. The summed E-state index contributed by atoms with van der Waals surface area (Å²) in [7, 11) is 0. The van der Waals surface area contributed by atoms with Crippen LogP contribution in [0.3, 0.4) is 0 Å². The van der Waals surface area contributed by atoms with E-state index in [4.69, 9.17) is 0 Å². The van der Waals surface area contributed by atoms with Crippen LogP contribution in [0.1, 0.15) is 65.7 Å². The van der Waals surface area contributed by atoms with Gasteiger partial charge in [0.2, 0.25) is 5.91 Å². The molecule has 1 atom stereocenters. The van der Waals surface area contributed by atoms with Gasteiger partial charge in [-0.2, -0.15) is 13.2 Å². The number of benzene rings is 2. The van der Waals surface area contributed by atoms with Crippen LogP contribution in [0.15, 0.2) is 36.4 Å². The monoisotopic (exact) mass is 519 g/mol. The van der Waals surface area contributed by atoms with E-state index in [1.165, 1.54) is 4.90 Å². The molecule has 5 nitrogen and oxygen atoms in total. The molecule has 2 aromatic carbocycles. The summed E-state index contributed by atoms with van der Waals surface area (Å²) in [4.78, 5) is 30.0. The van der Waals surface area contributed by atoms with Crippen molar-refractivity contribution in [1.29, 1.82) is 0 Å². The van der Waals surface area contributed by atoms with Gasteiger partial charge in [-0.15, -0.1) is 0 Å². The average molecular weight is 520 g/mol. The number of halogens is 4. The molecule has 2 heterocycles. The zero-order chi connectivity index (χ0) is 27.1. The Kier molecular flexibility index (Phi) is 7.38. The molecule has 4 rings (SSSR count). The molecule has 0 saturated carbocycles. The van der Waals surface area contributed by atoms with Crippen LogP contribution in [-0.2, 0) is 17.5 Å². The van der Waals surface area contributed by atoms with Gasteiger partial charge in [-0.1, -0.05) is 43.2 Å². The Morgan fingerprint density at radius 1 is 1.08 bits per heavy atom. The van der Waals surface area contributed by atoms with Crippen LogP contribution in [-0.4, -0.2) is 46.4 Å². The van der Waals surface area contributed by atoms with E-state index in [-0.39, 0.29) is 17.5 Å². The standard InChI is InChI=1S/C28H33F4N3O2/c1-17(2)11-24-26(37)35(16-20-13-18(3)12-19(4)14-20)27(33-24)7-9-34(10-8-27)25(36)21-5-6-22(23(29)15-21)28(30,31)32/h5-6,12-15,17,24,33H,7-11,16H2,1-4H3. The highest BCUT2D eigenvalue weighted by molar-refractivity contribution is 5.94. The summed E-state index contributed by atoms with van der Waals surface area (Å²) in [5, 5.41) is 3.57. The minimum atomic E-state index is -4.82. The minimum Gasteiger partial charge on any atom is -0.338 e. The lowest BCUT2D eigenvalue weighted by molar-refractivity contribution is -0.140. The van der Waals surface area contributed by atoms with E-state index in [0.717, 1.165) is 22.8 Å². The van der Waals surface area contributed by atoms with Crippen LogP contribution in [0.25, 0.3) is 0 Å². The Morgan fingerprint density at radius 2 is 1.70 bits per heavy atom. The highest BCUT2D eigenvalue weighted by atomic mass is 19.4. The zero-order valence-electron chi connectivity index (χ0n) is 21.6. The van der Waals surface area contributed by atoms with E-state index in [0.29, 0.717) is 56.9 Å². The summed E-state index contributed by atoms with van der Waals surface area (Å²) in [6, 6.07) is 8.17. The molecule has 9 heteroatoms. The van der Waals surface area contributed by atoms with Gasteiger partial charge in [0.05, 0.1) is 17.3 Å². The number of nitrogens with zero attached hydrogens (tertiary/aromatic N) is 2. The number of piperidine rings is 1. The molecule has 2 aliphatic rings. The lowest BCUT2D eigenvalue weighted by atomic mass is 9.94. The third-order valence-electron chi connectivity index (χ3n) is 7.25. The Morgan fingerprint density at radius 3 is 2.24 bits per heavy atom. The first-order valence-corrected chi connectivity index (χ1v) is 12.6. The number of amides is 2. The molecule has 1 unspecified atom stereocenters. The van der Waals surface area contributed by atoms with Crippen molar-refractivity contribution < 1.29 is 27.2 Å². The fourth-order valence-electron chi connectivity index (χ4n) is 5.62. The summed E-state index contributed by atoms with van der Waals surface area (Å²) in [6.45, 7) is 9.20. The minimum absolute atomic E-state index is 0.0393. The number of carbonyl (C=O) groups is 2. The van der Waals surface area contributed by atoms with Crippen LogP contribution in [0.4, 0.5) is 17.6 Å². The number of alkyl halides is 3. The van der Waals surface area contributed by atoms with Crippen LogP contribution in [0, 0.1) is 25.6 Å². The van der Waals surface area contributed by atoms with Crippen molar-refractivity contribution in [3.63, 3.8) is 0 Å². The quantitative estimate of drug-likeness (QED) is 0.536. The fourth-order valence-corrected chi connectivity index (χ4v) is 5.62. The molecule has 1 spiro atoms. The van der Waals surface area contributed by atoms with Crippen molar-refractivity contribution in [2.75, 3.05) is 13.1 Å². The van der Waals surface area contributed by atoms with Gasteiger partial charge < -0.3 is 9.80 Å². The maximum absolute atomic E-state index is 14.1. The van der Waals surface area contributed by atoms with E-state index in [1.807, 2.05) is 18.7 Å². The summed E-state index contributed by atoms with van der Waals surface area (Å²) in [5.74, 6) is -1.63. The van der Waals surface area contributed by atoms with Crippen molar-refractivity contribution in [2.24, 2.45) is 5.92 Å². The van der Waals surface area contributed by atoms with Crippen LogP contribution < -0.4 is 5.32 Å². The van der Waals surface area contributed by atoms with Gasteiger partial charge in [0.15, 0.2) is 0 Å². The number of hydrogen-bond acceptors (Lipinski definition) is 3. The summed E-state index contributed by atoms with van der Waals surface area (Å²) in [5.41, 5.74) is 1.13. The third-order valence-corrected chi connectivity index (χ3v) is 7.25. The zero-order valence-corrected chi connectivity index (χ0v) is 21.6. The highest BCUT2D eigenvalue weighted by Gasteiger charge is 2.51. The molecule has 2 aromatic rings. The van der Waals surface area contributed by atoms with E-state index in [1.54, 1.807) is 0 Å². The van der Waals surface area contributed by atoms with Gasteiger partial charge in [0, 0.05) is 38.0 Å². The molecular weight excluding hydrogens is 486 g/mol. The SMILES string of the molecule is Cc1cc(C)cc(CN2C(=O)C(CC(C)C)NC23CCN(C(=O)c2ccc(C(F)(F)F)c(F)c2)CC3)c1. The first-order valence-electron chi connectivity index (χ1n) is 12.6. The maximum Gasteiger partial charge on any atom is 0.419 e. The molecule has 2 fully saturated rings. The first kappa shape index (κ1) is 27.1. The van der Waals surface area contributed by atoms with Crippen molar-refractivity contribution in [3.8, 4) is 0 Å². The number of aryl methyl sites for hydroxylation is 2. The smallest absolute Gasteiger partial charge is 0.338 e. The van der Waals surface area contributed by atoms with Crippen LogP contribution in [0.5, 0.6) is 0 Å². The Bertz CT molecular complexity index is 1170. The van der Waals surface area contributed by atoms with Crippen molar-refractivity contribution in [2.45, 2.75) is 71.4 Å². The molecule has 0 radical (unpaired) electrons. The predicted molar refractivity (Wildman–Crippen MR) is 132 cm³/mol. The summed E-state index contributed by atoms with van der Waals surface area (Å²) in [6.07, 6.45) is -3.20. The van der Waals surface area contributed by atoms with Crippen LogP contribution in [0.2, 0.25) is 0 Å². The number of rotatable bonds is 5. The molecule has 2 aliphatic heterocycles. The largest absolute Gasteiger partial charge is 0.419 e. The van der Waals surface area contributed by atoms with Gasteiger partial charge in [-0.05, 0) is 49.9 Å². The molecule has 0 aliphatic carbocycles. The molecule has 2 amide bonds. The number of nitrogens with one attached hydrogen (secondary N) is 1. The number of likely N-dealkylation sites (tertiary alicyclic amines) is 1. The maximum atomic E-state index is 14.1. The van der Waals surface area contributed by atoms with E-state index in [2.05, 4.69) is 37.4 Å². The Hall–Kier alpha value is -2.94. The third kappa shape index (κ3) is 5.66. The second kappa shape index (κ2) is 10.1. The lowest BCUT2D eigenvalue weighted by Gasteiger charge is -2.45. The topological polar surface area (TPSA) is 52.7 Å². The molecular formula is C28H33F4N3O2. The van der Waals surface area contributed by atoms with E-state index in [9.17, 15) is 27.2 Å². The first-order chi connectivity index (χ1) is 17.3. The average Bonchev–Trinajstić information content (AvgIpc) is 3.02. The molecule has 37 heavy (non-hydrogen) atoms. The van der Waals surface area contributed by atoms with Gasteiger partial charge in [0.1, 0.15) is 5.82 Å². The van der Waals surface area contributed by atoms with Crippen molar-refractivity contribution in [3.05, 3.63) is 70.0 Å². The molecule has 200 valence electrons. The van der Waals surface area contributed by atoms with Crippen molar-refractivity contribution >= 4 is 11.8 Å². The Labute approximate surface area is 214 Å². The summed E-state index contributed by atoms with van der Waals surface area (Å²) >= 11 is 0. The molecule has 0 bridgehead atoms.